The summed E-state index contributed by atoms with van der Waals surface area (Å²) in [4.78, 5) is 22.3. The summed E-state index contributed by atoms with van der Waals surface area (Å²) in [7, 11) is 0. The fourth-order valence-corrected chi connectivity index (χ4v) is 3.41. The van der Waals surface area contributed by atoms with Crippen molar-refractivity contribution in [2.75, 3.05) is 18.0 Å². The number of anilines is 1. The smallest absolute Gasteiger partial charge is 0.263 e. The molecule has 3 aromatic rings. The molecular formula is C18H21N5O. The molecule has 6 heteroatoms. The van der Waals surface area contributed by atoms with Gasteiger partial charge in [0, 0.05) is 13.1 Å². The van der Waals surface area contributed by atoms with E-state index in [2.05, 4.69) is 21.9 Å². The summed E-state index contributed by atoms with van der Waals surface area (Å²) in [5, 5.41) is 4.88. The Morgan fingerprint density at radius 3 is 2.92 bits per heavy atom. The van der Waals surface area contributed by atoms with Gasteiger partial charge in [0.25, 0.3) is 5.56 Å². The average molecular weight is 323 g/mol. The number of rotatable bonds is 3. The van der Waals surface area contributed by atoms with Crippen molar-refractivity contribution in [1.82, 2.24) is 19.7 Å². The Labute approximate surface area is 140 Å². The Morgan fingerprint density at radius 2 is 2.12 bits per heavy atom. The number of piperidine rings is 1. The standard InChI is InChI=1S/C18H21N5O/c1-2-13-7-6-10-22(12-13)18-20-16-15(17(24)21-18)11-19-23(16)14-8-4-3-5-9-14/h3-5,8-9,11,13H,2,6-7,10,12H2,1H3,(H,20,21,24). The number of para-hydroxylation sites is 1. The molecule has 1 fully saturated rings. The van der Waals surface area contributed by atoms with Crippen molar-refractivity contribution in [2.45, 2.75) is 26.2 Å². The number of hydrogen-bond donors (Lipinski definition) is 1. The van der Waals surface area contributed by atoms with Gasteiger partial charge in [-0.1, -0.05) is 31.5 Å². The Kier molecular flexibility index (Phi) is 3.80. The molecule has 4 rings (SSSR count). The van der Waals surface area contributed by atoms with Crippen LogP contribution in [0.25, 0.3) is 16.7 Å². The third kappa shape index (κ3) is 2.58. The predicted molar refractivity (Wildman–Crippen MR) is 94.7 cm³/mol. The molecule has 6 nitrogen and oxygen atoms in total. The number of nitrogens with zero attached hydrogens (tertiary/aromatic N) is 4. The molecule has 1 aromatic carbocycles. The topological polar surface area (TPSA) is 66.8 Å². The van der Waals surface area contributed by atoms with Gasteiger partial charge in [-0.2, -0.15) is 10.1 Å². The first-order valence-electron chi connectivity index (χ1n) is 8.54. The molecule has 1 atom stereocenters. The predicted octanol–water partition coefficient (Wildman–Crippen LogP) is 2.74. The van der Waals surface area contributed by atoms with E-state index in [9.17, 15) is 4.79 Å². The minimum Gasteiger partial charge on any atom is -0.342 e. The van der Waals surface area contributed by atoms with Crippen LogP contribution in [0.3, 0.4) is 0 Å². The fraction of sp³-hybridized carbons (Fsp3) is 0.389. The zero-order valence-corrected chi connectivity index (χ0v) is 13.8. The summed E-state index contributed by atoms with van der Waals surface area (Å²) in [5.74, 6) is 1.32. The van der Waals surface area contributed by atoms with E-state index in [0.29, 0.717) is 22.9 Å². The Bertz CT molecular complexity index is 899. The number of benzene rings is 1. The van der Waals surface area contributed by atoms with Gasteiger partial charge in [-0.3, -0.25) is 9.78 Å². The Balaban J connectivity index is 1.80. The van der Waals surface area contributed by atoms with Gasteiger partial charge in [0.15, 0.2) is 5.65 Å². The van der Waals surface area contributed by atoms with Crippen molar-refractivity contribution in [2.24, 2.45) is 5.92 Å². The monoisotopic (exact) mass is 323 g/mol. The van der Waals surface area contributed by atoms with Crippen molar-refractivity contribution >= 4 is 17.0 Å². The van der Waals surface area contributed by atoms with E-state index >= 15 is 0 Å². The van der Waals surface area contributed by atoms with Gasteiger partial charge in [0.1, 0.15) is 5.39 Å². The van der Waals surface area contributed by atoms with E-state index in [1.807, 2.05) is 30.3 Å². The van der Waals surface area contributed by atoms with Crippen molar-refractivity contribution in [3.05, 3.63) is 46.9 Å². The molecule has 1 unspecified atom stereocenters. The molecule has 0 amide bonds. The lowest BCUT2D eigenvalue weighted by Crippen LogP contribution is -2.37. The number of aromatic amines is 1. The number of nitrogens with one attached hydrogen (secondary N) is 1. The molecular weight excluding hydrogens is 302 g/mol. The highest BCUT2D eigenvalue weighted by molar-refractivity contribution is 5.76. The summed E-state index contributed by atoms with van der Waals surface area (Å²) < 4.78 is 1.73. The summed E-state index contributed by atoms with van der Waals surface area (Å²) in [6, 6.07) is 9.78. The van der Waals surface area contributed by atoms with Crippen LogP contribution in [0.4, 0.5) is 5.95 Å². The quantitative estimate of drug-likeness (QED) is 0.805. The van der Waals surface area contributed by atoms with E-state index in [-0.39, 0.29) is 5.56 Å². The Hall–Kier alpha value is -2.63. The van der Waals surface area contributed by atoms with E-state index in [1.165, 1.54) is 6.42 Å². The fourth-order valence-electron chi connectivity index (χ4n) is 3.41. The molecule has 124 valence electrons. The van der Waals surface area contributed by atoms with Gasteiger partial charge in [0.05, 0.1) is 11.9 Å². The number of fused-ring (bicyclic) bond motifs is 1. The molecule has 0 radical (unpaired) electrons. The van der Waals surface area contributed by atoms with Gasteiger partial charge in [0.2, 0.25) is 5.95 Å². The minimum atomic E-state index is -0.129. The van der Waals surface area contributed by atoms with Crippen molar-refractivity contribution in [3.63, 3.8) is 0 Å². The molecule has 1 aliphatic rings. The van der Waals surface area contributed by atoms with Crippen LogP contribution in [0.1, 0.15) is 26.2 Å². The number of aromatic nitrogens is 4. The van der Waals surface area contributed by atoms with Crippen LogP contribution < -0.4 is 10.5 Å². The van der Waals surface area contributed by atoms with Gasteiger partial charge >= 0.3 is 0 Å². The van der Waals surface area contributed by atoms with Crippen molar-refractivity contribution in [3.8, 4) is 5.69 Å². The van der Waals surface area contributed by atoms with Gasteiger partial charge in [-0.25, -0.2) is 4.68 Å². The lowest BCUT2D eigenvalue weighted by molar-refractivity contribution is 0.401. The van der Waals surface area contributed by atoms with E-state index < -0.39 is 0 Å². The highest BCUT2D eigenvalue weighted by Crippen LogP contribution is 2.23. The first kappa shape index (κ1) is 14.9. The van der Waals surface area contributed by atoms with Crippen LogP contribution in [0.15, 0.2) is 41.3 Å². The lowest BCUT2D eigenvalue weighted by atomic mass is 9.96. The molecule has 0 saturated carbocycles. The molecule has 0 aliphatic carbocycles. The lowest BCUT2D eigenvalue weighted by Gasteiger charge is -2.32. The molecule has 1 N–H and O–H groups in total. The van der Waals surface area contributed by atoms with Gasteiger partial charge in [-0.15, -0.1) is 0 Å². The minimum absolute atomic E-state index is 0.129. The third-order valence-electron chi connectivity index (χ3n) is 4.82. The normalized spacial score (nSPS) is 18.2. The summed E-state index contributed by atoms with van der Waals surface area (Å²) in [6.45, 7) is 4.10. The van der Waals surface area contributed by atoms with Crippen LogP contribution in [0.2, 0.25) is 0 Å². The first-order chi connectivity index (χ1) is 11.8. The third-order valence-corrected chi connectivity index (χ3v) is 4.82. The zero-order chi connectivity index (χ0) is 16.5. The van der Waals surface area contributed by atoms with Crippen molar-refractivity contribution < 1.29 is 0 Å². The Morgan fingerprint density at radius 1 is 1.29 bits per heavy atom. The maximum absolute atomic E-state index is 12.5. The van der Waals surface area contributed by atoms with Crippen LogP contribution in [0.5, 0.6) is 0 Å². The first-order valence-corrected chi connectivity index (χ1v) is 8.54. The maximum atomic E-state index is 12.5. The number of hydrogen-bond acceptors (Lipinski definition) is 4. The average Bonchev–Trinajstić information content (AvgIpc) is 3.07. The molecule has 1 aliphatic heterocycles. The van der Waals surface area contributed by atoms with E-state index in [0.717, 1.165) is 31.6 Å². The van der Waals surface area contributed by atoms with Gasteiger partial charge < -0.3 is 4.90 Å². The second kappa shape index (κ2) is 6.11. The summed E-state index contributed by atoms with van der Waals surface area (Å²) in [6.07, 6.45) is 5.13. The summed E-state index contributed by atoms with van der Waals surface area (Å²) >= 11 is 0. The highest BCUT2D eigenvalue weighted by atomic mass is 16.1. The van der Waals surface area contributed by atoms with E-state index in [1.54, 1.807) is 10.9 Å². The SMILES string of the molecule is CCC1CCCN(c2nc3c(cnn3-c3ccccc3)c(=O)[nH]2)C1. The van der Waals surface area contributed by atoms with Crippen LogP contribution in [-0.4, -0.2) is 32.8 Å². The molecule has 0 bridgehead atoms. The molecule has 1 saturated heterocycles. The largest absolute Gasteiger partial charge is 0.342 e. The van der Waals surface area contributed by atoms with E-state index in [4.69, 9.17) is 4.98 Å². The second-order valence-corrected chi connectivity index (χ2v) is 6.38. The molecule has 3 heterocycles. The van der Waals surface area contributed by atoms with Gasteiger partial charge in [-0.05, 0) is 30.9 Å². The van der Waals surface area contributed by atoms with Crippen molar-refractivity contribution in [1.29, 1.82) is 0 Å². The summed E-state index contributed by atoms with van der Waals surface area (Å²) in [5.41, 5.74) is 1.39. The molecule has 2 aromatic heterocycles. The zero-order valence-electron chi connectivity index (χ0n) is 13.8. The maximum Gasteiger partial charge on any atom is 0.263 e. The van der Waals surface area contributed by atoms with Crippen LogP contribution in [0, 0.1) is 5.92 Å². The number of H-pyrrole nitrogens is 1. The van der Waals surface area contributed by atoms with Crippen LogP contribution >= 0.6 is 0 Å². The van der Waals surface area contributed by atoms with Crippen LogP contribution in [-0.2, 0) is 0 Å². The highest BCUT2D eigenvalue weighted by Gasteiger charge is 2.21. The second-order valence-electron chi connectivity index (χ2n) is 6.38. The molecule has 24 heavy (non-hydrogen) atoms. The molecule has 0 spiro atoms.